The minimum absolute atomic E-state index is 0.0388. The number of carbonyl (C=O) groups excluding carboxylic acids is 6. The lowest BCUT2D eigenvalue weighted by Crippen LogP contribution is -2.65. The number of aliphatic hydroxyl groups is 1. The van der Waals surface area contributed by atoms with Crippen molar-refractivity contribution in [1.29, 1.82) is 0 Å². The van der Waals surface area contributed by atoms with Gasteiger partial charge in [-0.3, -0.25) is 28.8 Å². The number of aliphatic hydroxyl groups excluding tert-OH is 1. The monoisotopic (exact) mass is 885 g/mol. The van der Waals surface area contributed by atoms with Crippen LogP contribution in [0.4, 0.5) is 0 Å². The Balaban J connectivity index is 1.18. The summed E-state index contributed by atoms with van der Waals surface area (Å²) in [4.78, 5) is 80.9. The number of rotatable bonds is 26. The summed E-state index contributed by atoms with van der Waals surface area (Å²) in [7, 11) is -0.624. The number of nitrogens with two attached hydrogens (primary N) is 2. The largest absolute Gasteiger partial charge is 0.461 e. The number of hydrogen-bond acceptors (Lipinski definition) is 10. The second-order valence-corrected chi connectivity index (χ2v) is 19.7. The molecule has 0 radical (unpaired) electrons. The number of hydrogen-bond donors (Lipinski definition) is 5. The topological polar surface area (TPSA) is 217 Å². The Morgan fingerprint density at radius 3 is 2.03 bits per heavy atom. The van der Waals surface area contributed by atoms with Crippen molar-refractivity contribution in [3.63, 3.8) is 0 Å². The van der Waals surface area contributed by atoms with Crippen LogP contribution in [0, 0.1) is 29.1 Å². The lowest BCUT2D eigenvalue weighted by Gasteiger charge is -2.64. The Morgan fingerprint density at radius 2 is 1.45 bits per heavy atom. The fourth-order valence-corrected chi connectivity index (χ4v) is 10.3. The number of benzene rings is 2. The van der Waals surface area contributed by atoms with Crippen molar-refractivity contribution in [3.8, 4) is 11.1 Å². The van der Waals surface area contributed by atoms with Gasteiger partial charge in [-0.1, -0.05) is 96.0 Å². The third-order valence-electron chi connectivity index (χ3n) is 14.6. The summed E-state index contributed by atoms with van der Waals surface area (Å²) in [5, 5.41) is 16.1. The van der Waals surface area contributed by atoms with E-state index >= 15 is 0 Å². The molecule has 1 heterocycles. The Kier molecular flexibility index (Phi) is 17.7. The van der Waals surface area contributed by atoms with Crippen molar-refractivity contribution in [2.75, 3.05) is 6.54 Å². The van der Waals surface area contributed by atoms with E-state index in [4.69, 9.17) is 20.8 Å². The van der Waals surface area contributed by atoms with Gasteiger partial charge in [0.2, 0.25) is 17.7 Å². The Hall–Kier alpha value is -4.24. The number of nitrogens with one attached hydrogen (secondary N) is 2. The molecule has 14 heteroatoms. The van der Waals surface area contributed by atoms with Gasteiger partial charge in [-0.05, 0) is 105 Å². The molecule has 13 nitrogen and oxygen atoms in total. The lowest BCUT2D eigenvalue weighted by atomic mass is 9.43. The highest BCUT2D eigenvalue weighted by atomic mass is 16.7. The SMILES string of the molecule is CCCCc1ccc(-c2ccc(C(=O)C[C@@H](CCCCN)C(=O)N[C@H](C(=O)C[C@@H](CC)C(=O)N[C@@H](CC(N)=O)C(=O)C[C@@H](C)B3OC4C[C@@H]5C[C@@H](C5(C)C)[C@]4(C)O3)C(C)O)cc2)cc1. The van der Waals surface area contributed by atoms with Crippen molar-refractivity contribution < 1.29 is 43.2 Å². The summed E-state index contributed by atoms with van der Waals surface area (Å²) in [6.07, 6.45) is 4.68. The fraction of sp³-hybridized carbons (Fsp3) is 0.640. The van der Waals surface area contributed by atoms with E-state index in [9.17, 15) is 33.9 Å². The molecule has 2 aromatic rings. The number of ketones is 3. The number of Topliss-reactive ketones (excluding diaryl/α,β-unsaturated/α-hetero) is 3. The van der Waals surface area contributed by atoms with Crippen LogP contribution >= 0.6 is 0 Å². The van der Waals surface area contributed by atoms with E-state index in [1.807, 2.05) is 19.1 Å². The molecule has 4 fully saturated rings. The average Bonchev–Trinajstić information content (AvgIpc) is 3.63. The summed E-state index contributed by atoms with van der Waals surface area (Å²) in [5.74, 6) is -4.43. The van der Waals surface area contributed by atoms with Gasteiger partial charge in [0.1, 0.15) is 6.04 Å². The molecule has 64 heavy (non-hydrogen) atoms. The zero-order chi connectivity index (χ0) is 46.9. The molecule has 3 amide bonds. The van der Waals surface area contributed by atoms with Gasteiger partial charge < -0.3 is 36.5 Å². The second-order valence-electron chi connectivity index (χ2n) is 19.7. The average molecular weight is 885 g/mol. The molecule has 4 aliphatic rings. The normalized spacial score (nSPS) is 23.6. The van der Waals surface area contributed by atoms with Crippen LogP contribution in [0.2, 0.25) is 5.82 Å². The first-order valence-corrected chi connectivity index (χ1v) is 23.7. The molecule has 0 aromatic heterocycles. The fourth-order valence-electron chi connectivity index (χ4n) is 10.3. The highest BCUT2D eigenvalue weighted by molar-refractivity contribution is 6.47. The van der Waals surface area contributed by atoms with Crippen molar-refractivity contribution in [2.45, 2.75) is 168 Å². The molecule has 3 saturated carbocycles. The Bertz CT molecular complexity index is 1960. The van der Waals surface area contributed by atoms with E-state index in [0.717, 1.165) is 43.2 Å². The summed E-state index contributed by atoms with van der Waals surface area (Å²) in [6.45, 7) is 14.2. The smallest absolute Gasteiger partial charge is 0.405 e. The van der Waals surface area contributed by atoms with Crippen molar-refractivity contribution in [3.05, 3.63) is 59.7 Å². The van der Waals surface area contributed by atoms with Gasteiger partial charge in [-0.25, -0.2) is 0 Å². The first-order valence-electron chi connectivity index (χ1n) is 23.7. The van der Waals surface area contributed by atoms with E-state index < -0.39 is 78.5 Å². The standard InChI is InChI=1S/C50H73BN4O9/c1-8-10-13-32-15-17-34(18-16-32)35-19-21-36(22-20-35)40(57)26-37(14-11-12-23-52)48(62)55-46(31(4)56)42(59)25-33(9-2)47(61)54-39(29-45(53)60)41(58)24-30(3)51-63-44-28-38-27-43(49(38,5)6)50(44,7)64-51/h15-22,30-31,33,37-39,43-44,46,56H,8-14,23-29,52H2,1-7H3,(H2,53,60)(H,54,61)(H,55,62)/t30-,31?,33-,37-,38+,39+,43+,44?,46+,50+/m1/s1. The molecule has 1 saturated heterocycles. The van der Waals surface area contributed by atoms with Crippen LogP contribution in [0.15, 0.2) is 48.5 Å². The molecule has 3 aliphatic carbocycles. The summed E-state index contributed by atoms with van der Waals surface area (Å²) < 4.78 is 12.9. The van der Waals surface area contributed by atoms with Gasteiger partial charge in [-0.15, -0.1) is 0 Å². The highest BCUT2D eigenvalue weighted by Crippen LogP contribution is 2.66. The predicted octanol–water partition coefficient (Wildman–Crippen LogP) is 6.30. The molecule has 10 atom stereocenters. The van der Waals surface area contributed by atoms with E-state index in [1.165, 1.54) is 12.5 Å². The zero-order valence-corrected chi connectivity index (χ0v) is 39.2. The minimum atomic E-state index is -1.37. The Labute approximate surface area is 380 Å². The van der Waals surface area contributed by atoms with Gasteiger partial charge in [0.25, 0.3) is 0 Å². The molecule has 2 aromatic carbocycles. The van der Waals surface area contributed by atoms with Crippen LogP contribution in [0.3, 0.4) is 0 Å². The summed E-state index contributed by atoms with van der Waals surface area (Å²) in [6, 6.07) is 13.1. The van der Waals surface area contributed by atoms with Gasteiger partial charge in [-0.2, -0.15) is 0 Å². The number of aryl methyl sites for hydroxylation is 1. The number of unbranched alkanes of at least 4 members (excludes halogenated alkanes) is 2. The van der Waals surface area contributed by atoms with E-state index in [2.05, 4.69) is 62.6 Å². The lowest BCUT2D eigenvalue weighted by molar-refractivity contribution is -0.199. The molecule has 7 N–H and O–H groups in total. The van der Waals surface area contributed by atoms with E-state index in [1.54, 1.807) is 19.1 Å². The number of amides is 3. The van der Waals surface area contributed by atoms with Crippen LogP contribution in [-0.2, 0) is 39.7 Å². The zero-order valence-electron chi connectivity index (χ0n) is 39.2. The van der Waals surface area contributed by atoms with Crippen LogP contribution in [0.5, 0.6) is 0 Å². The van der Waals surface area contributed by atoms with Crippen molar-refractivity contribution in [1.82, 2.24) is 10.6 Å². The summed E-state index contributed by atoms with van der Waals surface area (Å²) >= 11 is 0. The second kappa shape index (κ2) is 22.3. The van der Waals surface area contributed by atoms with Gasteiger partial charge in [0, 0.05) is 36.7 Å². The molecule has 350 valence electrons. The van der Waals surface area contributed by atoms with Crippen LogP contribution in [-0.4, -0.2) is 83.7 Å². The molecule has 6 rings (SSSR count). The quantitative estimate of drug-likeness (QED) is 0.0403. The molecule has 2 unspecified atom stereocenters. The highest BCUT2D eigenvalue weighted by Gasteiger charge is 2.68. The third kappa shape index (κ3) is 12.2. The maximum absolute atomic E-state index is 13.9. The molecular weight excluding hydrogens is 811 g/mol. The van der Waals surface area contributed by atoms with Gasteiger partial charge in [0.15, 0.2) is 17.3 Å². The molecule has 2 bridgehead atoms. The van der Waals surface area contributed by atoms with E-state index in [-0.39, 0.29) is 48.8 Å². The third-order valence-corrected chi connectivity index (χ3v) is 14.6. The minimum Gasteiger partial charge on any atom is -0.405 e. The van der Waals surface area contributed by atoms with E-state index in [0.29, 0.717) is 43.2 Å². The van der Waals surface area contributed by atoms with Crippen LogP contribution < -0.4 is 22.1 Å². The molecule has 0 spiro atoms. The van der Waals surface area contributed by atoms with Gasteiger partial charge in [0.05, 0.1) is 30.3 Å². The first kappa shape index (κ1) is 50.8. The van der Waals surface area contributed by atoms with Crippen molar-refractivity contribution in [2.24, 2.45) is 40.6 Å². The number of primary amides is 1. The predicted molar refractivity (Wildman–Crippen MR) is 248 cm³/mol. The number of carbonyl (C=O) groups is 6. The molecular formula is C50H73BN4O9. The first-order chi connectivity index (χ1) is 30.3. The maximum atomic E-state index is 13.9. The van der Waals surface area contributed by atoms with Crippen LogP contribution in [0.25, 0.3) is 11.1 Å². The maximum Gasteiger partial charge on any atom is 0.461 e. The summed E-state index contributed by atoms with van der Waals surface area (Å²) in [5.41, 5.74) is 14.7. The van der Waals surface area contributed by atoms with Crippen molar-refractivity contribution >= 4 is 42.2 Å². The van der Waals surface area contributed by atoms with Gasteiger partial charge >= 0.3 is 7.12 Å². The molecule has 1 aliphatic heterocycles. The van der Waals surface area contributed by atoms with Crippen LogP contribution in [0.1, 0.15) is 141 Å². The Morgan fingerprint density at radius 1 is 0.812 bits per heavy atom.